The molecular weight excluding hydrogens is 486 g/mol. The molecular formula is C27H25F4N5O. The van der Waals surface area contributed by atoms with E-state index in [1.54, 1.807) is 25.3 Å². The second-order valence-electron chi connectivity index (χ2n) is 9.59. The van der Waals surface area contributed by atoms with Crippen LogP contribution in [0.2, 0.25) is 0 Å². The molecule has 0 aliphatic heterocycles. The van der Waals surface area contributed by atoms with Crippen LogP contribution in [0.5, 0.6) is 0 Å². The lowest BCUT2D eigenvalue weighted by Gasteiger charge is -2.30. The molecule has 0 saturated heterocycles. The van der Waals surface area contributed by atoms with E-state index in [-0.39, 0.29) is 29.7 Å². The fourth-order valence-corrected chi connectivity index (χ4v) is 5.37. The third kappa shape index (κ3) is 4.84. The van der Waals surface area contributed by atoms with E-state index < -0.39 is 23.2 Å². The van der Waals surface area contributed by atoms with Crippen molar-refractivity contribution in [1.82, 2.24) is 24.5 Å². The van der Waals surface area contributed by atoms with Crippen LogP contribution in [0.3, 0.4) is 0 Å². The van der Waals surface area contributed by atoms with Gasteiger partial charge in [-0.25, -0.2) is 9.97 Å². The maximum absolute atomic E-state index is 14.4. The van der Waals surface area contributed by atoms with Crippen molar-refractivity contribution in [1.29, 1.82) is 0 Å². The van der Waals surface area contributed by atoms with Gasteiger partial charge in [0.25, 0.3) is 5.56 Å². The smallest absolute Gasteiger partial charge is 0.285 e. The molecule has 0 N–H and O–H groups in total. The fraction of sp³-hybridized carbons (Fsp3) is 0.370. The van der Waals surface area contributed by atoms with E-state index in [9.17, 15) is 22.4 Å². The number of nitrogens with zero attached hydrogens (tertiary/aromatic N) is 5. The van der Waals surface area contributed by atoms with Crippen molar-refractivity contribution in [3.05, 3.63) is 92.8 Å². The summed E-state index contributed by atoms with van der Waals surface area (Å²) in [6.45, 7) is 3.19. The van der Waals surface area contributed by atoms with Crippen molar-refractivity contribution in [2.24, 2.45) is 0 Å². The molecule has 5 rings (SSSR count). The molecule has 0 spiro atoms. The summed E-state index contributed by atoms with van der Waals surface area (Å²) < 4.78 is 56.6. The Morgan fingerprint density at radius 2 is 1.73 bits per heavy atom. The summed E-state index contributed by atoms with van der Waals surface area (Å²) in [5.41, 5.74) is 1.59. The second kappa shape index (κ2) is 9.64. The lowest BCUT2D eigenvalue weighted by atomic mass is 9.75. The highest BCUT2D eigenvalue weighted by Gasteiger charge is 2.34. The van der Waals surface area contributed by atoms with Crippen LogP contribution in [0.1, 0.15) is 71.2 Å². The largest absolute Gasteiger partial charge is 0.418 e. The SMILES string of the molecule is Cc1cnc2cc([C@H]3CC[C@@H](c4c(C)ccnc4F)CC3)c(=O)n(Cc3ncccc3C(F)(F)F)c2n1. The van der Waals surface area contributed by atoms with Gasteiger partial charge in [-0.2, -0.15) is 17.6 Å². The summed E-state index contributed by atoms with van der Waals surface area (Å²) in [5, 5.41) is 0. The van der Waals surface area contributed by atoms with Gasteiger partial charge in [0.05, 0.1) is 23.5 Å². The minimum atomic E-state index is -4.61. The first-order valence-corrected chi connectivity index (χ1v) is 12.1. The lowest BCUT2D eigenvalue weighted by Crippen LogP contribution is -2.29. The van der Waals surface area contributed by atoms with E-state index in [2.05, 4.69) is 19.9 Å². The van der Waals surface area contributed by atoms with Crippen molar-refractivity contribution in [3.63, 3.8) is 0 Å². The molecule has 0 amide bonds. The van der Waals surface area contributed by atoms with E-state index >= 15 is 0 Å². The number of rotatable bonds is 4. The molecule has 0 bridgehead atoms. The van der Waals surface area contributed by atoms with Crippen LogP contribution in [0.15, 0.2) is 47.7 Å². The van der Waals surface area contributed by atoms with Crippen LogP contribution in [-0.2, 0) is 12.7 Å². The molecule has 10 heteroatoms. The van der Waals surface area contributed by atoms with E-state index in [0.29, 0.717) is 48.0 Å². The van der Waals surface area contributed by atoms with Crippen LogP contribution in [-0.4, -0.2) is 24.5 Å². The molecule has 1 aliphatic carbocycles. The molecule has 192 valence electrons. The molecule has 4 aromatic rings. The first-order valence-electron chi connectivity index (χ1n) is 12.1. The predicted molar refractivity (Wildman–Crippen MR) is 130 cm³/mol. The van der Waals surface area contributed by atoms with Gasteiger partial charge in [0, 0.05) is 29.7 Å². The quantitative estimate of drug-likeness (QED) is 0.254. The van der Waals surface area contributed by atoms with Crippen LogP contribution in [0.4, 0.5) is 17.6 Å². The van der Waals surface area contributed by atoms with Gasteiger partial charge in [-0.05, 0) is 81.2 Å². The third-order valence-corrected chi connectivity index (χ3v) is 7.18. The van der Waals surface area contributed by atoms with Gasteiger partial charge in [0.1, 0.15) is 5.52 Å². The van der Waals surface area contributed by atoms with E-state index in [4.69, 9.17) is 0 Å². The predicted octanol–water partition coefficient (Wildman–Crippen LogP) is 5.85. The third-order valence-electron chi connectivity index (χ3n) is 7.18. The maximum atomic E-state index is 14.4. The van der Waals surface area contributed by atoms with E-state index in [1.807, 2.05) is 6.92 Å². The summed E-state index contributed by atoms with van der Waals surface area (Å²) in [4.78, 5) is 30.3. The first-order chi connectivity index (χ1) is 17.6. The van der Waals surface area contributed by atoms with Gasteiger partial charge in [-0.1, -0.05) is 0 Å². The highest BCUT2D eigenvalue weighted by Crippen LogP contribution is 2.41. The molecule has 0 atom stereocenters. The second-order valence-corrected chi connectivity index (χ2v) is 9.59. The number of pyridine rings is 3. The fourth-order valence-electron chi connectivity index (χ4n) is 5.37. The molecule has 0 unspecified atom stereocenters. The van der Waals surface area contributed by atoms with Crippen molar-refractivity contribution in [2.45, 2.75) is 64.1 Å². The molecule has 0 aromatic carbocycles. The number of alkyl halides is 3. The van der Waals surface area contributed by atoms with Crippen molar-refractivity contribution in [2.75, 3.05) is 0 Å². The van der Waals surface area contributed by atoms with Crippen LogP contribution in [0.25, 0.3) is 11.2 Å². The van der Waals surface area contributed by atoms with Gasteiger partial charge in [0.15, 0.2) is 5.65 Å². The number of aryl methyl sites for hydroxylation is 2. The van der Waals surface area contributed by atoms with Crippen molar-refractivity contribution < 1.29 is 17.6 Å². The molecule has 4 aromatic heterocycles. The van der Waals surface area contributed by atoms with E-state index in [1.165, 1.54) is 23.0 Å². The Kier molecular flexibility index (Phi) is 6.51. The zero-order valence-electron chi connectivity index (χ0n) is 20.4. The Morgan fingerprint density at radius 1 is 1.00 bits per heavy atom. The lowest BCUT2D eigenvalue weighted by molar-refractivity contribution is -0.138. The number of fused-ring (bicyclic) bond motifs is 1. The molecule has 1 fully saturated rings. The molecule has 1 saturated carbocycles. The standard InChI is InChI=1S/C27H25F4N5O/c1-15-9-11-33-24(28)23(15)18-7-5-17(6-8-18)19-12-21-25(35-16(2)13-34-21)36(26(19)37)14-22-20(27(29,30)31)4-3-10-32-22/h3-4,9-13,17-18H,5-8,14H2,1-2H3/t17-,18+. The topological polar surface area (TPSA) is 73.6 Å². The van der Waals surface area contributed by atoms with Crippen molar-refractivity contribution in [3.8, 4) is 0 Å². The van der Waals surface area contributed by atoms with Crippen LogP contribution >= 0.6 is 0 Å². The van der Waals surface area contributed by atoms with Gasteiger partial charge in [-0.3, -0.25) is 19.3 Å². The minimum absolute atomic E-state index is 0.00191. The zero-order chi connectivity index (χ0) is 26.3. The number of hydrogen-bond acceptors (Lipinski definition) is 5. The molecule has 37 heavy (non-hydrogen) atoms. The minimum Gasteiger partial charge on any atom is -0.285 e. The summed E-state index contributed by atoms with van der Waals surface area (Å²) in [6, 6.07) is 5.67. The number of halogens is 4. The van der Waals surface area contributed by atoms with Gasteiger partial charge in [0.2, 0.25) is 5.95 Å². The van der Waals surface area contributed by atoms with Gasteiger partial charge >= 0.3 is 6.18 Å². The molecule has 1 aliphatic rings. The Balaban J connectivity index is 1.53. The Morgan fingerprint density at radius 3 is 2.43 bits per heavy atom. The summed E-state index contributed by atoms with van der Waals surface area (Å²) >= 11 is 0. The first kappa shape index (κ1) is 25.0. The molecule has 0 radical (unpaired) electrons. The molecule has 6 nitrogen and oxygen atoms in total. The van der Waals surface area contributed by atoms with E-state index in [0.717, 1.165) is 11.6 Å². The van der Waals surface area contributed by atoms with Gasteiger partial charge < -0.3 is 0 Å². The van der Waals surface area contributed by atoms with Crippen molar-refractivity contribution >= 4 is 11.2 Å². The summed E-state index contributed by atoms with van der Waals surface area (Å²) in [6.07, 6.45) is 2.29. The average molecular weight is 512 g/mol. The Bertz CT molecular complexity index is 1500. The number of aromatic nitrogens is 5. The maximum Gasteiger partial charge on any atom is 0.418 e. The van der Waals surface area contributed by atoms with Crippen LogP contribution < -0.4 is 5.56 Å². The highest BCUT2D eigenvalue weighted by atomic mass is 19.4. The highest BCUT2D eigenvalue weighted by molar-refractivity contribution is 5.71. The van der Waals surface area contributed by atoms with Crippen LogP contribution in [0, 0.1) is 19.8 Å². The average Bonchev–Trinajstić information content (AvgIpc) is 2.86. The zero-order valence-corrected chi connectivity index (χ0v) is 20.4. The summed E-state index contributed by atoms with van der Waals surface area (Å²) in [7, 11) is 0. The number of hydrogen-bond donors (Lipinski definition) is 0. The Hall–Kier alpha value is -3.69. The van der Waals surface area contributed by atoms with Gasteiger partial charge in [-0.15, -0.1) is 0 Å². The summed E-state index contributed by atoms with van der Waals surface area (Å²) in [5.74, 6) is -0.593. The molecule has 4 heterocycles. The normalized spacial score (nSPS) is 18.3. The Labute approximate surface area is 210 Å². The monoisotopic (exact) mass is 511 g/mol.